The van der Waals surface area contributed by atoms with E-state index in [1.807, 2.05) is 24.3 Å². The molecule has 200 valence electrons. The molecule has 0 bridgehead atoms. The summed E-state index contributed by atoms with van der Waals surface area (Å²) in [4.78, 5) is 7.97. The summed E-state index contributed by atoms with van der Waals surface area (Å²) < 4.78 is 9.97. The lowest BCUT2D eigenvalue weighted by Gasteiger charge is -2.06. The highest BCUT2D eigenvalue weighted by Crippen LogP contribution is 2.27. The van der Waals surface area contributed by atoms with E-state index in [1.165, 1.54) is 6.20 Å². The van der Waals surface area contributed by atoms with Crippen LogP contribution in [0.5, 0.6) is 11.5 Å². The Morgan fingerprint density at radius 2 is 1.18 bits per heavy atom. The van der Waals surface area contributed by atoms with Gasteiger partial charge in [-0.2, -0.15) is 0 Å². The van der Waals surface area contributed by atoms with E-state index in [2.05, 4.69) is 9.97 Å². The Morgan fingerprint density at radius 1 is 0.711 bits per heavy atom. The molecular weight excluding hydrogens is 553 g/mol. The summed E-state index contributed by atoms with van der Waals surface area (Å²) in [6, 6.07) is 17.3. The fourth-order valence-corrected chi connectivity index (χ4v) is 3.44. The number of benzene rings is 2. The Labute approximate surface area is 236 Å². The van der Waals surface area contributed by atoms with Crippen molar-refractivity contribution in [3.63, 3.8) is 0 Å². The number of hydrogen-bond donors (Lipinski definition) is 4. The second-order valence-electron chi connectivity index (χ2n) is 7.48. The van der Waals surface area contributed by atoms with E-state index in [1.54, 1.807) is 56.8 Å². The number of rotatable bonds is 6. The minimum absolute atomic E-state index is 0.0599. The lowest BCUT2D eigenvalue weighted by molar-refractivity contribution is 0.281. The molecule has 0 saturated heterocycles. The van der Waals surface area contributed by atoms with Crippen LogP contribution in [0.1, 0.15) is 11.1 Å². The van der Waals surface area contributed by atoms with E-state index in [-0.39, 0.29) is 18.4 Å². The number of ether oxygens (including phenoxy) is 2. The number of hydrogen-bond acceptors (Lipinski definition) is 8. The number of methoxy groups -OCH3 is 2. The van der Waals surface area contributed by atoms with Crippen LogP contribution in [0.3, 0.4) is 0 Å². The number of pyridine rings is 2. The van der Waals surface area contributed by atoms with Gasteiger partial charge < -0.3 is 29.7 Å². The lowest BCUT2D eigenvalue weighted by atomic mass is 9.80. The third-order valence-electron chi connectivity index (χ3n) is 4.89. The Morgan fingerprint density at radius 3 is 1.61 bits per heavy atom. The maximum Gasteiger partial charge on any atom is 0.488 e. The smallest absolute Gasteiger partial charge is 0.488 e. The van der Waals surface area contributed by atoms with Crippen LogP contribution in [0.4, 0.5) is 0 Å². The standard InChI is InChI=1S/C13H12ClNO2.C7H9BO3.C6H5Cl2NO/c1-17-11-4-2-10(3-5-11)13-12(14)6-9(8-16)7-15-13;1-11-7-4-2-6(3-5-7)8(9)10;7-5-1-4(3-10)2-9-6(5)8/h2-7,16H,8H2,1H3;2-5,9-10H,1H3;1-2,10H,3H2. The highest BCUT2D eigenvalue weighted by Gasteiger charge is 2.09. The van der Waals surface area contributed by atoms with Crippen molar-refractivity contribution in [3.8, 4) is 22.8 Å². The molecule has 0 fully saturated rings. The molecule has 12 heteroatoms. The average Bonchev–Trinajstić information content (AvgIpc) is 2.95. The zero-order valence-corrected chi connectivity index (χ0v) is 22.8. The first-order valence-electron chi connectivity index (χ1n) is 11.0. The SMILES string of the molecule is COc1ccc(-c2ncc(CO)cc2Cl)cc1.COc1ccc(B(O)O)cc1.OCc1cnc(Cl)c(Cl)c1. The van der Waals surface area contributed by atoms with Crippen LogP contribution in [0.15, 0.2) is 73.1 Å². The number of aromatic nitrogens is 2. The molecule has 0 amide bonds. The fourth-order valence-electron chi connectivity index (χ4n) is 2.85. The van der Waals surface area contributed by atoms with Crippen LogP contribution in [0, 0.1) is 0 Å². The molecule has 0 radical (unpaired) electrons. The first kappa shape index (κ1) is 31.3. The van der Waals surface area contributed by atoms with Gasteiger partial charge in [0.15, 0.2) is 0 Å². The van der Waals surface area contributed by atoms with Crippen molar-refractivity contribution >= 4 is 47.4 Å². The molecule has 4 rings (SSSR count). The quantitative estimate of drug-likeness (QED) is 0.198. The van der Waals surface area contributed by atoms with Crippen molar-refractivity contribution in [2.24, 2.45) is 0 Å². The van der Waals surface area contributed by atoms with Gasteiger partial charge in [0, 0.05) is 18.0 Å². The average molecular weight is 580 g/mol. The fraction of sp³-hybridized carbons (Fsp3) is 0.154. The highest BCUT2D eigenvalue weighted by molar-refractivity contribution is 6.58. The maximum atomic E-state index is 8.98. The molecule has 2 aromatic heterocycles. The molecule has 0 atom stereocenters. The monoisotopic (exact) mass is 578 g/mol. The van der Waals surface area contributed by atoms with E-state index in [4.69, 9.17) is 64.5 Å². The molecule has 38 heavy (non-hydrogen) atoms. The van der Waals surface area contributed by atoms with Crippen LogP contribution in [0.25, 0.3) is 11.3 Å². The second kappa shape index (κ2) is 16.2. The van der Waals surface area contributed by atoms with Gasteiger partial charge in [-0.05, 0) is 65.1 Å². The van der Waals surface area contributed by atoms with E-state index in [9.17, 15) is 0 Å². The molecule has 0 unspecified atom stereocenters. The number of nitrogens with zero attached hydrogens (tertiary/aromatic N) is 2. The van der Waals surface area contributed by atoms with Crippen molar-refractivity contribution < 1.29 is 29.7 Å². The molecule has 4 N–H and O–H groups in total. The van der Waals surface area contributed by atoms with Gasteiger partial charge in [-0.1, -0.05) is 46.9 Å². The largest absolute Gasteiger partial charge is 0.497 e. The van der Waals surface area contributed by atoms with Crippen LogP contribution < -0.4 is 14.9 Å². The molecule has 2 aromatic carbocycles. The summed E-state index contributed by atoms with van der Waals surface area (Å²) in [6.07, 6.45) is 3.10. The zero-order valence-electron chi connectivity index (χ0n) is 20.6. The third kappa shape index (κ3) is 9.77. The van der Waals surface area contributed by atoms with Gasteiger partial charge in [-0.3, -0.25) is 4.98 Å². The molecular formula is C26H26BCl3N2O6. The Kier molecular flexibility index (Phi) is 13.3. The van der Waals surface area contributed by atoms with Crippen molar-refractivity contribution in [2.45, 2.75) is 13.2 Å². The summed E-state index contributed by atoms with van der Waals surface area (Å²) in [5.41, 5.74) is 3.44. The van der Waals surface area contributed by atoms with Gasteiger partial charge in [0.05, 0.1) is 43.2 Å². The number of aliphatic hydroxyl groups excluding tert-OH is 2. The summed E-state index contributed by atoms with van der Waals surface area (Å²) in [5, 5.41) is 36.2. The van der Waals surface area contributed by atoms with Crippen molar-refractivity contribution in [1.82, 2.24) is 9.97 Å². The lowest BCUT2D eigenvalue weighted by Crippen LogP contribution is -2.29. The van der Waals surface area contributed by atoms with Gasteiger partial charge in [0.2, 0.25) is 0 Å². The zero-order chi connectivity index (χ0) is 28.1. The molecule has 0 aliphatic carbocycles. The topological polar surface area (TPSA) is 125 Å². The van der Waals surface area contributed by atoms with Gasteiger partial charge in [-0.25, -0.2) is 4.98 Å². The van der Waals surface area contributed by atoms with Gasteiger partial charge in [0.1, 0.15) is 16.7 Å². The number of halogens is 3. The summed E-state index contributed by atoms with van der Waals surface area (Å²) >= 11 is 17.2. The second-order valence-corrected chi connectivity index (χ2v) is 8.65. The molecule has 4 aromatic rings. The Bertz CT molecular complexity index is 1280. The summed E-state index contributed by atoms with van der Waals surface area (Å²) in [7, 11) is 1.78. The first-order chi connectivity index (χ1) is 18.2. The predicted octanol–water partition coefficient (Wildman–Crippen LogP) is 4.16. The molecule has 0 spiro atoms. The van der Waals surface area contributed by atoms with E-state index in [0.29, 0.717) is 38.1 Å². The molecule has 0 aliphatic heterocycles. The van der Waals surface area contributed by atoms with Crippen molar-refractivity contribution in [2.75, 3.05) is 14.2 Å². The van der Waals surface area contributed by atoms with E-state index in [0.717, 1.165) is 11.3 Å². The highest BCUT2D eigenvalue weighted by atomic mass is 35.5. The van der Waals surface area contributed by atoms with Crippen LogP contribution in [-0.4, -0.2) is 51.6 Å². The van der Waals surface area contributed by atoms with Crippen LogP contribution >= 0.6 is 34.8 Å². The Balaban J connectivity index is 0.000000211. The van der Waals surface area contributed by atoms with Crippen LogP contribution in [0.2, 0.25) is 15.2 Å². The van der Waals surface area contributed by atoms with Gasteiger partial charge in [0.25, 0.3) is 0 Å². The van der Waals surface area contributed by atoms with E-state index >= 15 is 0 Å². The Hall–Kier alpha value is -2.89. The number of aliphatic hydroxyl groups is 2. The van der Waals surface area contributed by atoms with Crippen LogP contribution in [-0.2, 0) is 13.2 Å². The maximum absolute atomic E-state index is 8.98. The predicted molar refractivity (Wildman–Crippen MR) is 150 cm³/mol. The minimum Gasteiger partial charge on any atom is -0.497 e. The third-order valence-corrected chi connectivity index (χ3v) is 5.87. The first-order valence-corrected chi connectivity index (χ1v) is 12.2. The molecule has 2 heterocycles. The van der Waals surface area contributed by atoms with Crippen molar-refractivity contribution in [3.05, 3.63) is 99.4 Å². The normalized spacial score (nSPS) is 9.92. The molecule has 8 nitrogen and oxygen atoms in total. The minimum atomic E-state index is -1.40. The summed E-state index contributed by atoms with van der Waals surface area (Å²) in [5.74, 6) is 1.49. The van der Waals surface area contributed by atoms with Crippen molar-refractivity contribution in [1.29, 1.82) is 0 Å². The van der Waals surface area contributed by atoms with E-state index < -0.39 is 7.12 Å². The molecule has 0 saturated carbocycles. The van der Waals surface area contributed by atoms with Gasteiger partial charge in [-0.15, -0.1) is 0 Å². The summed E-state index contributed by atoms with van der Waals surface area (Å²) in [6.45, 7) is -0.125. The van der Waals surface area contributed by atoms with Gasteiger partial charge >= 0.3 is 7.12 Å². The molecule has 0 aliphatic rings.